The third kappa shape index (κ3) is 7.84. The summed E-state index contributed by atoms with van der Waals surface area (Å²) in [6.07, 6.45) is 4.85. The Balaban J connectivity index is 1.87. The van der Waals surface area contributed by atoms with Crippen LogP contribution in [0.5, 0.6) is 5.75 Å². The van der Waals surface area contributed by atoms with Crippen LogP contribution < -0.4 is 15.4 Å². The van der Waals surface area contributed by atoms with Crippen LogP contribution in [0.25, 0.3) is 0 Å². The molecule has 0 bridgehead atoms. The highest BCUT2D eigenvalue weighted by Gasteiger charge is 2.32. The third-order valence-corrected chi connectivity index (χ3v) is 7.37. The van der Waals surface area contributed by atoms with Crippen molar-refractivity contribution in [3.05, 3.63) is 23.8 Å². The number of rotatable bonds is 7. The summed E-state index contributed by atoms with van der Waals surface area (Å²) in [5.41, 5.74) is 1.32. The maximum atomic E-state index is 13.4. The van der Waals surface area contributed by atoms with E-state index >= 15 is 0 Å². The molecular weight excluding hydrogens is 472 g/mol. The molecule has 0 radical (unpaired) electrons. The number of nitrogens with zero attached hydrogens (tertiary/aromatic N) is 2. The number of aliphatic hydroxyl groups is 1. The van der Waals surface area contributed by atoms with Gasteiger partial charge in [-0.2, -0.15) is 0 Å². The number of benzene rings is 1. The summed E-state index contributed by atoms with van der Waals surface area (Å²) >= 11 is 0. The van der Waals surface area contributed by atoms with Crippen LogP contribution in [0.4, 0.5) is 10.5 Å². The van der Waals surface area contributed by atoms with E-state index < -0.39 is 0 Å². The Labute approximate surface area is 220 Å². The van der Waals surface area contributed by atoms with Crippen molar-refractivity contribution in [3.8, 4) is 5.75 Å². The van der Waals surface area contributed by atoms with Crippen molar-refractivity contribution in [2.24, 2.45) is 11.8 Å². The van der Waals surface area contributed by atoms with Crippen molar-refractivity contribution in [1.82, 2.24) is 15.1 Å². The molecule has 3 atom stereocenters. The van der Waals surface area contributed by atoms with E-state index in [9.17, 15) is 19.5 Å². The Morgan fingerprint density at radius 3 is 2.54 bits per heavy atom. The van der Waals surface area contributed by atoms with Crippen LogP contribution >= 0.6 is 0 Å². The Morgan fingerprint density at radius 2 is 1.89 bits per heavy atom. The van der Waals surface area contributed by atoms with Gasteiger partial charge in [-0.15, -0.1) is 0 Å². The molecule has 1 heterocycles. The third-order valence-electron chi connectivity index (χ3n) is 7.37. The molecule has 3 N–H and O–H groups in total. The number of fused-ring (bicyclic) bond motifs is 1. The number of aliphatic hydroxyl groups excluding tert-OH is 1. The second-order valence-electron chi connectivity index (χ2n) is 11.0. The summed E-state index contributed by atoms with van der Waals surface area (Å²) in [4.78, 5) is 42.1. The molecule has 1 fully saturated rings. The first-order valence-electron chi connectivity index (χ1n) is 13.6. The minimum Gasteiger partial charge on any atom is -0.488 e. The normalized spacial score (nSPS) is 21.7. The maximum absolute atomic E-state index is 13.4. The van der Waals surface area contributed by atoms with E-state index in [1.165, 1.54) is 6.42 Å². The maximum Gasteiger partial charge on any atom is 0.317 e. The van der Waals surface area contributed by atoms with Crippen molar-refractivity contribution in [2.45, 2.75) is 84.4 Å². The molecule has 0 saturated heterocycles. The van der Waals surface area contributed by atoms with Crippen LogP contribution in [-0.4, -0.2) is 77.7 Å². The molecule has 2 aliphatic rings. The summed E-state index contributed by atoms with van der Waals surface area (Å²) in [6.45, 7) is 8.20. The van der Waals surface area contributed by atoms with Crippen molar-refractivity contribution in [1.29, 1.82) is 0 Å². The molecule has 206 valence electrons. The smallest absolute Gasteiger partial charge is 0.317 e. The van der Waals surface area contributed by atoms with Gasteiger partial charge < -0.3 is 30.3 Å². The van der Waals surface area contributed by atoms with E-state index in [1.807, 2.05) is 39.8 Å². The van der Waals surface area contributed by atoms with Gasteiger partial charge in [-0.25, -0.2) is 4.79 Å². The van der Waals surface area contributed by atoms with Gasteiger partial charge in [0.15, 0.2) is 0 Å². The van der Waals surface area contributed by atoms with Crippen molar-refractivity contribution in [3.63, 3.8) is 0 Å². The van der Waals surface area contributed by atoms with Crippen molar-refractivity contribution >= 4 is 23.5 Å². The molecular formula is C28H44N4O5. The highest BCUT2D eigenvalue weighted by molar-refractivity contribution is 5.93. The van der Waals surface area contributed by atoms with Gasteiger partial charge in [0.05, 0.1) is 25.6 Å². The Hall–Kier alpha value is -2.81. The largest absolute Gasteiger partial charge is 0.488 e. The minimum absolute atomic E-state index is 0.00955. The standard InChI is InChI=1S/C28H44N4O5/c1-18(2)29-28(36)31(5)16-25-19(3)15-32(20(4)17-33)26(34)14-22-13-23(11-12-24(22)37-25)30-27(35)21-9-7-6-8-10-21/h11-13,18-21,25,33H,6-10,14-17H2,1-5H3,(H,29,36)(H,30,35)/t19-,20-,25-/m1/s1. The monoisotopic (exact) mass is 516 g/mol. The molecule has 0 spiro atoms. The lowest BCUT2D eigenvalue weighted by Gasteiger charge is -2.34. The molecule has 0 aromatic heterocycles. The second-order valence-corrected chi connectivity index (χ2v) is 11.0. The highest BCUT2D eigenvalue weighted by atomic mass is 16.5. The number of ether oxygens (including phenoxy) is 1. The highest BCUT2D eigenvalue weighted by Crippen LogP contribution is 2.30. The molecule has 1 aliphatic carbocycles. The van der Waals surface area contributed by atoms with Gasteiger partial charge in [-0.1, -0.05) is 26.2 Å². The van der Waals surface area contributed by atoms with Crippen LogP contribution in [0.1, 0.15) is 65.4 Å². The first-order chi connectivity index (χ1) is 17.6. The quantitative estimate of drug-likeness (QED) is 0.514. The molecule has 1 aromatic carbocycles. The molecule has 1 aliphatic heterocycles. The summed E-state index contributed by atoms with van der Waals surface area (Å²) in [5.74, 6) is 0.395. The van der Waals surface area contributed by atoms with Crippen LogP contribution in [0.2, 0.25) is 0 Å². The van der Waals surface area contributed by atoms with Gasteiger partial charge in [-0.3, -0.25) is 9.59 Å². The molecule has 3 rings (SSSR count). The molecule has 37 heavy (non-hydrogen) atoms. The lowest BCUT2D eigenvalue weighted by Crippen LogP contribution is -2.49. The lowest BCUT2D eigenvalue weighted by atomic mass is 9.88. The van der Waals surface area contributed by atoms with E-state index in [4.69, 9.17) is 4.74 Å². The minimum atomic E-state index is -0.386. The molecule has 4 amide bonds. The average molecular weight is 517 g/mol. The van der Waals surface area contributed by atoms with Gasteiger partial charge in [-0.05, 0) is 51.8 Å². The van der Waals surface area contributed by atoms with Gasteiger partial charge in [0.1, 0.15) is 11.9 Å². The van der Waals surface area contributed by atoms with Gasteiger partial charge >= 0.3 is 6.03 Å². The van der Waals surface area contributed by atoms with Crippen LogP contribution in [0, 0.1) is 11.8 Å². The van der Waals surface area contributed by atoms with E-state index in [1.54, 1.807) is 22.9 Å². The van der Waals surface area contributed by atoms with Crippen LogP contribution in [0.15, 0.2) is 18.2 Å². The van der Waals surface area contributed by atoms with E-state index in [0.29, 0.717) is 30.1 Å². The number of nitrogens with one attached hydrogen (secondary N) is 2. The fourth-order valence-corrected chi connectivity index (χ4v) is 5.04. The topological polar surface area (TPSA) is 111 Å². The lowest BCUT2D eigenvalue weighted by molar-refractivity contribution is -0.134. The molecule has 9 heteroatoms. The molecule has 1 aromatic rings. The zero-order chi connectivity index (χ0) is 27.1. The number of urea groups is 1. The van der Waals surface area contributed by atoms with Crippen LogP contribution in [0.3, 0.4) is 0 Å². The summed E-state index contributed by atoms with van der Waals surface area (Å²) in [6, 6.07) is 4.90. The van der Waals surface area contributed by atoms with E-state index in [0.717, 1.165) is 25.7 Å². The predicted octanol–water partition coefficient (Wildman–Crippen LogP) is 3.40. The van der Waals surface area contributed by atoms with Crippen LogP contribution in [-0.2, 0) is 16.0 Å². The number of amides is 4. The Bertz CT molecular complexity index is 947. The fourth-order valence-electron chi connectivity index (χ4n) is 5.04. The van der Waals surface area contributed by atoms with Gasteiger partial charge in [0, 0.05) is 42.7 Å². The summed E-state index contributed by atoms with van der Waals surface area (Å²) in [5, 5.41) is 15.8. The summed E-state index contributed by atoms with van der Waals surface area (Å²) < 4.78 is 6.47. The molecule has 9 nitrogen and oxygen atoms in total. The van der Waals surface area contributed by atoms with Gasteiger partial charge in [0.25, 0.3) is 0 Å². The fraction of sp³-hybridized carbons (Fsp3) is 0.679. The van der Waals surface area contributed by atoms with Crippen molar-refractivity contribution < 1.29 is 24.2 Å². The Kier molecular flexibility index (Phi) is 10.2. The van der Waals surface area contributed by atoms with Gasteiger partial charge in [0.2, 0.25) is 11.8 Å². The number of carbonyl (C=O) groups is 3. The first-order valence-corrected chi connectivity index (χ1v) is 13.6. The predicted molar refractivity (Wildman–Crippen MR) is 143 cm³/mol. The second kappa shape index (κ2) is 13.1. The number of likely N-dealkylation sites (N-methyl/N-ethyl adjacent to an activating group) is 1. The Morgan fingerprint density at radius 1 is 1.19 bits per heavy atom. The SMILES string of the molecule is CC(C)NC(=O)N(C)C[C@H]1Oc2ccc(NC(=O)C3CCCCC3)cc2CC(=O)N([C@H](C)CO)C[C@H]1C. The van der Waals surface area contributed by atoms with Crippen molar-refractivity contribution in [2.75, 3.05) is 32.1 Å². The zero-order valence-electron chi connectivity index (χ0n) is 23.0. The zero-order valence-corrected chi connectivity index (χ0v) is 23.0. The summed E-state index contributed by atoms with van der Waals surface area (Å²) in [7, 11) is 1.73. The number of hydrogen-bond acceptors (Lipinski definition) is 5. The number of hydrogen-bond donors (Lipinski definition) is 3. The number of anilines is 1. The molecule has 0 unspecified atom stereocenters. The van der Waals surface area contributed by atoms with E-state index in [2.05, 4.69) is 10.6 Å². The number of carbonyl (C=O) groups excluding carboxylic acids is 3. The molecule has 1 saturated carbocycles. The first kappa shape index (κ1) is 28.8. The average Bonchev–Trinajstić information content (AvgIpc) is 2.91. The van der Waals surface area contributed by atoms with E-state index in [-0.39, 0.29) is 60.9 Å².